The normalized spacial score (nSPS) is 19.7. The van der Waals surface area contributed by atoms with Gasteiger partial charge in [0, 0.05) is 23.8 Å². The van der Waals surface area contributed by atoms with Gasteiger partial charge in [0.2, 0.25) is 0 Å². The van der Waals surface area contributed by atoms with Gasteiger partial charge in [0.15, 0.2) is 0 Å². The van der Waals surface area contributed by atoms with Gasteiger partial charge in [-0.1, -0.05) is 17.7 Å². The lowest BCUT2D eigenvalue weighted by atomic mass is 9.80. The molecule has 0 spiro atoms. The first kappa shape index (κ1) is 11.9. The second kappa shape index (κ2) is 4.74. The molecule has 1 fully saturated rings. The number of aryl methyl sites for hydroxylation is 1. The van der Waals surface area contributed by atoms with E-state index in [1.165, 1.54) is 11.1 Å². The fourth-order valence-corrected chi connectivity index (χ4v) is 2.76. The highest BCUT2D eigenvalue weighted by atomic mass is 35.5. The molecule has 0 amide bonds. The fraction of sp³-hybridized carbons (Fsp3) is 0.538. The lowest BCUT2D eigenvalue weighted by Gasteiger charge is -2.38. The van der Waals surface area contributed by atoms with Gasteiger partial charge in [-0.15, -0.1) is 0 Å². The van der Waals surface area contributed by atoms with Gasteiger partial charge < -0.3 is 10.1 Å². The van der Waals surface area contributed by atoms with Gasteiger partial charge in [0.25, 0.3) is 0 Å². The van der Waals surface area contributed by atoms with Crippen LogP contribution in [0.15, 0.2) is 18.2 Å². The maximum Gasteiger partial charge on any atom is 0.0486 e. The van der Waals surface area contributed by atoms with E-state index in [4.69, 9.17) is 16.3 Å². The first-order valence-electron chi connectivity index (χ1n) is 5.71. The summed E-state index contributed by atoms with van der Waals surface area (Å²) in [6.45, 7) is 3.77. The highest BCUT2D eigenvalue weighted by Gasteiger charge is 2.33. The van der Waals surface area contributed by atoms with Crippen LogP contribution >= 0.6 is 11.6 Å². The van der Waals surface area contributed by atoms with E-state index in [9.17, 15) is 0 Å². The summed E-state index contributed by atoms with van der Waals surface area (Å²) in [4.78, 5) is 0. The first-order chi connectivity index (χ1) is 7.68. The smallest absolute Gasteiger partial charge is 0.0486 e. The van der Waals surface area contributed by atoms with Crippen molar-refractivity contribution in [3.05, 3.63) is 34.3 Å². The SMILES string of the molecule is CNC1(c2ccc(Cl)cc2C)CCOCC1. The van der Waals surface area contributed by atoms with Crippen molar-refractivity contribution >= 4 is 11.6 Å². The third-order valence-corrected chi connectivity index (χ3v) is 3.76. The number of halogens is 1. The van der Waals surface area contributed by atoms with Gasteiger partial charge in [-0.2, -0.15) is 0 Å². The Balaban J connectivity index is 2.39. The molecular weight excluding hydrogens is 222 g/mol. The van der Waals surface area contributed by atoms with Crippen LogP contribution in [0.2, 0.25) is 5.02 Å². The fourth-order valence-electron chi connectivity index (χ4n) is 2.54. The second-order valence-corrected chi connectivity index (χ2v) is 4.84. The quantitative estimate of drug-likeness (QED) is 0.857. The molecule has 0 aromatic heterocycles. The van der Waals surface area contributed by atoms with Gasteiger partial charge in [-0.3, -0.25) is 0 Å². The summed E-state index contributed by atoms with van der Waals surface area (Å²) in [5, 5.41) is 4.28. The maximum atomic E-state index is 6.00. The van der Waals surface area contributed by atoms with Crippen LogP contribution in [0.4, 0.5) is 0 Å². The number of nitrogens with one attached hydrogen (secondary N) is 1. The Labute approximate surface area is 102 Å². The molecule has 1 aromatic rings. The zero-order chi connectivity index (χ0) is 11.6. The van der Waals surface area contributed by atoms with Gasteiger partial charge in [0.1, 0.15) is 0 Å². The number of hydrogen-bond acceptors (Lipinski definition) is 2. The first-order valence-corrected chi connectivity index (χ1v) is 6.09. The van der Waals surface area contributed by atoms with E-state index >= 15 is 0 Å². The van der Waals surface area contributed by atoms with Gasteiger partial charge in [-0.25, -0.2) is 0 Å². The molecule has 0 bridgehead atoms. The molecule has 2 nitrogen and oxygen atoms in total. The van der Waals surface area contributed by atoms with Crippen molar-refractivity contribution in [2.45, 2.75) is 25.3 Å². The Morgan fingerprint density at radius 3 is 2.56 bits per heavy atom. The van der Waals surface area contributed by atoms with Crippen LogP contribution in [-0.4, -0.2) is 20.3 Å². The predicted molar refractivity (Wildman–Crippen MR) is 67.0 cm³/mol. The third kappa shape index (κ3) is 2.10. The lowest BCUT2D eigenvalue weighted by Crippen LogP contribution is -2.45. The van der Waals surface area contributed by atoms with Crippen LogP contribution in [0.25, 0.3) is 0 Å². The molecule has 0 radical (unpaired) electrons. The predicted octanol–water partition coefficient (Wildman–Crippen LogP) is 2.87. The third-order valence-electron chi connectivity index (χ3n) is 3.53. The number of hydrogen-bond donors (Lipinski definition) is 1. The number of rotatable bonds is 2. The van der Waals surface area contributed by atoms with Crippen molar-refractivity contribution in [3.63, 3.8) is 0 Å². The Kier molecular flexibility index (Phi) is 3.53. The van der Waals surface area contributed by atoms with E-state index in [0.29, 0.717) is 0 Å². The van der Waals surface area contributed by atoms with E-state index < -0.39 is 0 Å². The van der Waals surface area contributed by atoms with E-state index in [1.807, 2.05) is 19.2 Å². The van der Waals surface area contributed by atoms with Crippen LogP contribution in [0.1, 0.15) is 24.0 Å². The molecule has 0 saturated carbocycles. The molecule has 1 aromatic carbocycles. The van der Waals surface area contributed by atoms with Crippen molar-refractivity contribution < 1.29 is 4.74 Å². The molecule has 16 heavy (non-hydrogen) atoms. The summed E-state index contributed by atoms with van der Waals surface area (Å²) in [6.07, 6.45) is 2.04. The summed E-state index contributed by atoms with van der Waals surface area (Å²) in [5.74, 6) is 0. The Hall–Kier alpha value is -0.570. The minimum absolute atomic E-state index is 0.0624. The molecule has 1 heterocycles. The average molecular weight is 240 g/mol. The summed E-state index contributed by atoms with van der Waals surface area (Å²) >= 11 is 6.00. The van der Waals surface area contributed by atoms with Crippen LogP contribution in [0.3, 0.4) is 0 Å². The molecule has 1 N–H and O–H groups in total. The van der Waals surface area contributed by atoms with Gasteiger partial charge in [0.05, 0.1) is 0 Å². The lowest BCUT2D eigenvalue weighted by molar-refractivity contribution is 0.0396. The minimum atomic E-state index is 0.0624. The van der Waals surface area contributed by atoms with Crippen LogP contribution in [0.5, 0.6) is 0 Å². The molecular formula is C13H18ClNO. The zero-order valence-corrected chi connectivity index (χ0v) is 10.6. The maximum absolute atomic E-state index is 6.00. The molecule has 1 saturated heterocycles. The molecule has 1 aliphatic rings. The van der Waals surface area contributed by atoms with E-state index in [2.05, 4.69) is 18.3 Å². The zero-order valence-electron chi connectivity index (χ0n) is 9.85. The van der Waals surface area contributed by atoms with Crippen molar-refractivity contribution in [3.8, 4) is 0 Å². The number of ether oxygens (including phenoxy) is 1. The molecule has 2 rings (SSSR count). The van der Waals surface area contributed by atoms with Gasteiger partial charge in [-0.05, 0) is 50.1 Å². The molecule has 0 unspecified atom stereocenters. The second-order valence-electron chi connectivity index (χ2n) is 4.40. The Morgan fingerprint density at radius 1 is 1.31 bits per heavy atom. The van der Waals surface area contributed by atoms with Crippen molar-refractivity contribution in [1.82, 2.24) is 5.32 Å². The van der Waals surface area contributed by atoms with Gasteiger partial charge >= 0.3 is 0 Å². The van der Waals surface area contributed by atoms with Crippen LogP contribution < -0.4 is 5.32 Å². The van der Waals surface area contributed by atoms with E-state index in [-0.39, 0.29) is 5.54 Å². The minimum Gasteiger partial charge on any atom is -0.381 e. The van der Waals surface area contributed by atoms with Crippen molar-refractivity contribution in [2.75, 3.05) is 20.3 Å². The summed E-state index contributed by atoms with van der Waals surface area (Å²) in [7, 11) is 2.03. The molecule has 88 valence electrons. The number of benzene rings is 1. The van der Waals surface area contributed by atoms with Crippen molar-refractivity contribution in [1.29, 1.82) is 0 Å². The Morgan fingerprint density at radius 2 is 2.00 bits per heavy atom. The topological polar surface area (TPSA) is 21.3 Å². The largest absolute Gasteiger partial charge is 0.381 e. The van der Waals surface area contributed by atoms with E-state index in [0.717, 1.165) is 31.1 Å². The van der Waals surface area contributed by atoms with Crippen molar-refractivity contribution in [2.24, 2.45) is 0 Å². The standard InChI is InChI=1S/C13H18ClNO/c1-10-9-11(14)3-4-12(10)13(15-2)5-7-16-8-6-13/h3-4,9,15H,5-8H2,1-2H3. The van der Waals surface area contributed by atoms with E-state index in [1.54, 1.807) is 0 Å². The average Bonchev–Trinajstić information content (AvgIpc) is 2.30. The monoisotopic (exact) mass is 239 g/mol. The molecule has 0 aliphatic carbocycles. The summed E-state index contributed by atoms with van der Waals surface area (Å²) in [6, 6.07) is 6.14. The Bertz CT molecular complexity index is 372. The molecule has 0 atom stereocenters. The highest BCUT2D eigenvalue weighted by molar-refractivity contribution is 6.30. The summed E-state index contributed by atoms with van der Waals surface area (Å²) in [5.41, 5.74) is 2.67. The highest BCUT2D eigenvalue weighted by Crippen LogP contribution is 2.34. The van der Waals surface area contributed by atoms with Crippen LogP contribution in [0, 0.1) is 6.92 Å². The summed E-state index contributed by atoms with van der Waals surface area (Å²) < 4.78 is 5.45. The molecule has 3 heteroatoms. The molecule has 1 aliphatic heterocycles. The van der Waals surface area contributed by atoms with Crippen LogP contribution in [-0.2, 0) is 10.3 Å².